The standard InChI is InChI=1S/C81H144O17P2/c1-5-9-13-17-21-25-29-33-35-36-37-38-40-44-46-50-54-58-62-66-79(84)92-72-77(98-81(86)68-64-60-56-52-48-42-32-28-24-20-16-12-8-4)74-96-100(89,90)94-70-75(82)69-93-99(87,88)95-73-76(97-80(85)67-63-59-55-51-47-41-31-27-23-19-15-11-7-3)71-91-78(83)65-61-57-53-49-45-43-39-34-30-26-22-18-14-10-6-2/h9,13,21-22,25-26,28,32-35,37-39,75-77,82H,5-8,10-12,14-20,23-24,27,29-31,36,40-74H2,1-4H3,(H,87,88)(H,89,90)/b13-9-,25-21-,26-22-,32-28-,35-33-,38-37-,39-34-. The largest absolute Gasteiger partial charge is 0.472 e. The van der Waals surface area contributed by atoms with E-state index in [9.17, 15) is 43.2 Å². The Labute approximate surface area is 608 Å². The molecule has 17 nitrogen and oxygen atoms in total. The molecule has 0 saturated heterocycles. The molecule has 0 aliphatic heterocycles. The van der Waals surface area contributed by atoms with Gasteiger partial charge >= 0.3 is 39.5 Å². The summed E-state index contributed by atoms with van der Waals surface area (Å²) in [6.45, 7) is 4.73. The van der Waals surface area contributed by atoms with Crippen LogP contribution in [0.15, 0.2) is 85.1 Å². The van der Waals surface area contributed by atoms with Crippen LogP contribution in [0.4, 0.5) is 0 Å². The number of carbonyl (C=O) groups is 4. The van der Waals surface area contributed by atoms with E-state index >= 15 is 0 Å². The summed E-state index contributed by atoms with van der Waals surface area (Å²) in [6.07, 6.45) is 75.6. The van der Waals surface area contributed by atoms with Gasteiger partial charge in [-0.3, -0.25) is 37.3 Å². The van der Waals surface area contributed by atoms with Gasteiger partial charge in [-0.25, -0.2) is 9.13 Å². The molecule has 0 radical (unpaired) electrons. The maximum atomic E-state index is 13.1. The Morgan fingerprint density at radius 2 is 0.520 bits per heavy atom. The Kier molecular flexibility index (Phi) is 70.8. The van der Waals surface area contributed by atoms with Crippen LogP contribution in [-0.2, 0) is 65.4 Å². The molecule has 0 aromatic heterocycles. The number of hydrogen-bond acceptors (Lipinski definition) is 15. The summed E-state index contributed by atoms with van der Waals surface area (Å²) in [6, 6.07) is 0. The Morgan fingerprint density at radius 1 is 0.290 bits per heavy atom. The molecule has 0 saturated carbocycles. The van der Waals surface area contributed by atoms with Crippen molar-refractivity contribution in [2.24, 2.45) is 0 Å². The predicted octanol–water partition coefficient (Wildman–Crippen LogP) is 23.0. The van der Waals surface area contributed by atoms with Crippen LogP contribution < -0.4 is 0 Å². The highest BCUT2D eigenvalue weighted by Crippen LogP contribution is 2.45. The van der Waals surface area contributed by atoms with Crippen LogP contribution in [0.5, 0.6) is 0 Å². The van der Waals surface area contributed by atoms with Gasteiger partial charge in [0.25, 0.3) is 0 Å². The molecule has 0 bridgehead atoms. The summed E-state index contributed by atoms with van der Waals surface area (Å²) >= 11 is 0. The van der Waals surface area contributed by atoms with Gasteiger partial charge in [0.05, 0.1) is 26.4 Å². The maximum absolute atomic E-state index is 13.1. The zero-order valence-corrected chi connectivity index (χ0v) is 65.2. The van der Waals surface area contributed by atoms with Crippen LogP contribution in [0.2, 0.25) is 0 Å². The molecule has 0 heterocycles. The second kappa shape index (κ2) is 73.5. The van der Waals surface area contributed by atoms with Gasteiger partial charge in [-0.1, -0.05) is 286 Å². The number of ether oxygens (including phenoxy) is 4. The molecule has 580 valence electrons. The van der Waals surface area contributed by atoms with Crippen molar-refractivity contribution >= 4 is 39.5 Å². The Hall–Kier alpha value is -3.76. The van der Waals surface area contributed by atoms with Gasteiger partial charge in [0, 0.05) is 25.7 Å². The van der Waals surface area contributed by atoms with E-state index in [4.69, 9.17) is 37.0 Å². The molecule has 100 heavy (non-hydrogen) atoms. The number of aliphatic hydroxyl groups is 1. The third kappa shape index (κ3) is 72.6. The van der Waals surface area contributed by atoms with Crippen molar-refractivity contribution in [3.63, 3.8) is 0 Å². The van der Waals surface area contributed by atoms with Crippen molar-refractivity contribution in [1.29, 1.82) is 0 Å². The smallest absolute Gasteiger partial charge is 0.462 e. The van der Waals surface area contributed by atoms with Crippen LogP contribution >= 0.6 is 15.6 Å². The van der Waals surface area contributed by atoms with E-state index in [0.717, 1.165) is 173 Å². The fraction of sp³-hybridized carbons (Fsp3) is 0.778. The number of rotatable bonds is 75. The van der Waals surface area contributed by atoms with Gasteiger partial charge in [0.2, 0.25) is 0 Å². The van der Waals surface area contributed by atoms with Gasteiger partial charge in [0.1, 0.15) is 19.3 Å². The lowest BCUT2D eigenvalue weighted by Crippen LogP contribution is -2.30. The molecule has 0 spiro atoms. The van der Waals surface area contributed by atoms with E-state index in [-0.39, 0.29) is 25.7 Å². The van der Waals surface area contributed by atoms with E-state index in [1.807, 2.05) is 0 Å². The molecular weight excluding hydrogens is 1310 g/mol. The van der Waals surface area contributed by atoms with Gasteiger partial charge < -0.3 is 33.8 Å². The summed E-state index contributed by atoms with van der Waals surface area (Å²) in [5, 5.41) is 10.6. The summed E-state index contributed by atoms with van der Waals surface area (Å²) in [4.78, 5) is 72.9. The molecule has 0 aliphatic rings. The SMILES string of the molecule is CC/C=C\C/C=C\C/C=C\C/C=C\CCCCCCCCC(=O)OCC(COP(=O)(O)OCC(O)COP(=O)(O)OCC(COC(=O)CCCCCCC/C=C\C/C=C\CCCCC)OC(=O)CCCCCCCCCCCCCCC)OC(=O)CCCCCCC/C=C\CCCCCC. The Morgan fingerprint density at radius 3 is 0.840 bits per heavy atom. The minimum absolute atomic E-state index is 0.0828. The lowest BCUT2D eigenvalue weighted by molar-refractivity contribution is -0.161. The second-order valence-corrected chi connectivity index (χ2v) is 29.5. The van der Waals surface area contributed by atoms with Crippen molar-refractivity contribution in [3.05, 3.63) is 85.1 Å². The van der Waals surface area contributed by atoms with Crippen molar-refractivity contribution in [2.75, 3.05) is 39.6 Å². The molecule has 19 heteroatoms. The van der Waals surface area contributed by atoms with Crippen LogP contribution in [0.25, 0.3) is 0 Å². The Balaban J connectivity index is 5.33. The van der Waals surface area contributed by atoms with Crippen molar-refractivity contribution in [3.8, 4) is 0 Å². The van der Waals surface area contributed by atoms with Gasteiger partial charge in [0.15, 0.2) is 12.2 Å². The van der Waals surface area contributed by atoms with Crippen molar-refractivity contribution in [2.45, 2.75) is 367 Å². The lowest BCUT2D eigenvalue weighted by Gasteiger charge is -2.21. The highest BCUT2D eigenvalue weighted by molar-refractivity contribution is 7.47. The zero-order valence-electron chi connectivity index (χ0n) is 63.4. The van der Waals surface area contributed by atoms with Crippen molar-refractivity contribution < 1.29 is 80.2 Å². The fourth-order valence-corrected chi connectivity index (χ4v) is 12.3. The van der Waals surface area contributed by atoms with E-state index in [1.165, 1.54) is 96.3 Å². The first-order valence-electron chi connectivity index (χ1n) is 39.8. The molecule has 0 rings (SSSR count). The maximum Gasteiger partial charge on any atom is 0.472 e. The lowest BCUT2D eigenvalue weighted by atomic mass is 10.0. The normalized spacial score (nSPS) is 14.3. The number of phosphoric ester groups is 2. The quantitative estimate of drug-likeness (QED) is 0.0169. The third-order valence-corrected chi connectivity index (χ3v) is 18.7. The number of hydrogen-bond donors (Lipinski definition) is 3. The van der Waals surface area contributed by atoms with E-state index in [2.05, 4.69) is 113 Å². The average molecular weight is 1450 g/mol. The van der Waals surface area contributed by atoms with Crippen LogP contribution in [-0.4, -0.2) is 96.7 Å². The molecule has 0 aliphatic carbocycles. The fourth-order valence-electron chi connectivity index (χ4n) is 10.8. The molecule has 0 aromatic carbocycles. The summed E-state index contributed by atoms with van der Waals surface area (Å²) in [5.74, 6) is -2.19. The second-order valence-electron chi connectivity index (χ2n) is 26.6. The molecule has 5 atom stereocenters. The molecule has 0 amide bonds. The van der Waals surface area contributed by atoms with Crippen LogP contribution in [0.1, 0.15) is 349 Å². The molecule has 5 unspecified atom stereocenters. The van der Waals surface area contributed by atoms with Gasteiger partial charge in [-0.15, -0.1) is 0 Å². The summed E-state index contributed by atoms with van der Waals surface area (Å²) in [7, 11) is -9.95. The Bertz CT molecular complexity index is 2230. The number of unbranched alkanes of at least 4 members (excludes halogenated alkanes) is 35. The topological polar surface area (TPSA) is 237 Å². The molecule has 0 fully saturated rings. The first-order chi connectivity index (χ1) is 48.7. The minimum atomic E-state index is -4.98. The van der Waals surface area contributed by atoms with Crippen LogP contribution in [0, 0.1) is 0 Å². The molecule has 0 aromatic rings. The zero-order chi connectivity index (χ0) is 73.2. The number of aliphatic hydroxyl groups excluding tert-OH is 1. The highest BCUT2D eigenvalue weighted by atomic mass is 31.2. The summed E-state index contributed by atoms with van der Waals surface area (Å²) in [5.41, 5.74) is 0. The van der Waals surface area contributed by atoms with E-state index in [0.29, 0.717) is 25.7 Å². The number of esters is 4. The summed E-state index contributed by atoms with van der Waals surface area (Å²) < 4.78 is 68.6. The first-order valence-corrected chi connectivity index (χ1v) is 42.8. The average Bonchev–Trinajstić information content (AvgIpc) is 0.935. The molecule has 3 N–H and O–H groups in total. The third-order valence-electron chi connectivity index (χ3n) is 16.8. The first kappa shape index (κ1) is 96.2. The number of allylic oxidation sites excluding steroid dienone is 14. The highest BCUT2D eigenvalue weighted by Gasteiger charge is 2.30. The molecular formula is C81H144O17P2. The minimum Gasteiger partial charge on any atom is -0.462 e. The van der Waals surface area contributed by atoms with Crippen LogP contribution in [0.3, 0.4) is 0 Å². The van der Waals surface area contributed by atoms with Crippen molar-refractivity contribution in [1.82, 2.24) is 0 Å². The van der Waals surface area contributed by atoms with Gasteiger partial charge in [-0.05, 0) is 122 Å². The van der Waals surface area contributed by atoms with E-state index in [1.54, 1.807) is 0 Å². The number of phosphoric acid groups is 2. The van der Waals surface area contributed by atoms with Gasteiger partial charge in [-0.2, -0.15) is 0 Å². The predicted molar refractivity (Wildman–Crippen MR) is 409 cm³/mol. The number of carbonyl (C=O) groups excluding carboxylic acids is 4. The van der Waals surface area contributed by atoms with E-state index < -0.39 is 97.5 Å². The monoisotopic (exact) mass is 1450 g/mol.